The predicted molar refractivity (Wildman–Crippen MR) is 81.6 cm³/mol. The largest absolute Gasteiger partial charge is 0.378 e. The van der Waals surface area contributed by atoms with Gasteiger partial charge in [-0.1, -0.05) is 13.0 Å². The molecule has 1 aromatic heterocycles. The van der Waals surface area contributed by atoms with Crippen molar-refractivity contribution in [3.05, 3.63) is 54.1 Å². The highest BCUT2D eigenvalue weighted by atomic mass is 19.1. The summed E-state index contributed by atoms with van der Waals surface area (Å²) in [7, 11) is 4.02. The van der Waals surface area contributed by atoms with Crippen molar-refractivity contribution in [2.75, 3.05) is 24.3 Å². The molecule has 0 fully saturated rings. The normalized spacial score (nSPS) is 12.0. The zero-order valence-corrected chi connectivity index (χ0v) is 12.1. The van der Waals surface area contributed by atoms with Gasteiger partial charge in [0.2, 0.25) is 0 Å². The molecular formula is C16H20FN3. The zero-order chi connectivity index (χ0) is 14.5. The maximum atomic E-state index is 12.9. The Morgan fingerprint density at radius 3 is 2.65 bits per heavy atom. The second kappa shape index (κ2) is 6.37. The van der Waals surface area contributed by atoms with Gasteiger partial charge in [0, 0.05) is 25.5 Å². The molecule has 0 aliphatic carbocycles. The number of halogens is 1. The van der Waals surface area contributed by atoms with Crippen LogP contribution in [0.3, 0.4) is 0 Å². The number of pyridine rings is 1. The van der Waals surface area contributed by atoms with Crippen molar-refractivity contribution in [1.29, 1.82) is 0 Å². The Labute approximate surface area is 119 Å². The summed E-state index contributed by atoms with van der Waals surface area (Å²) in [5.74, 6) is -0.307. The summed E-state index contributed by atoms with van der Waals surface area (Å²) < 4.78 is 12.9. The molecule has 20 heavy (non-hydrogen) atoms. The number of benzene rings is 1. The van der Waals surface area contributed by atoms with Crippen LogP contribution in [-0.4, -0.2) is 19.1 Å². The number of hydrogen-bond donors (Lipinski definition) is 1. The van der Waals surface area contributed by atoms with Gasteiger partial charge in [-0.3, -0.25) is 4.98 Å². The van der Waals surface area contributed by atoms with E-state index >= 15 is 0 Å². The molecule has 0 aliphatic heterocycles. The maximum absolute atomic E-state index is 12.9. The van der Waals surface area contributed by atoms with Crippen LogP contribution in [0.5, 0.6) is 0 Å². The molecule has 4 heteroatoms. The second-order valence-electron chi connectivity index (χ2n) is 4.95. The molecular weight excluding hydrogens is 253 g/mol. The van der Waals surface area contributed by atoms with Crippen molar-refractivity contribution in [2.24, 2.45) is 0 Å². The number of aromatic nitrogens is 1. The lowest BCUT2D eigenvalue weighted by molar-refractivity contribution is 0.614. The molecule has 106 valence electrons. The standard InChI is InChI=1S/C16H20FN3/c1-4-15(16-9-8-12(17)11-18-16)19-13-6-5-7-14(10-13)20(2)3/h5-11,15,19H,4H2,1-3H3. The maximum Gasteiger partial charge on any atom is 0.141 e. The predicted octanol–water partition coefficient (Wildman–Crippen LogP) is 3.85. The minimum Gasteiger partial charge on any atom is -0.378 e. The smallest absolute Gasteiger partial charge is 0.141 e. The van der Waals surface area contributed by atoms with Gasteiger partial charge in [-0.25, -0.2) is 4.39 Å². The van der Waals surface area contributed by atoms with Gasteiger partial charge in [0.05, 0.1) is 17.9 Å². The number of nitrogens with one attached hydrogen (secondary N) is 1. The van der Waals surface area contributed by atoms with Crippen molar-refractivity contribution in [3.63, 3.8) is 0 Å². The molecule has 0 amide bonds. The molecule has 0 spiro atoms. The van der Waals surface area contributed by atoms with E-state index in [1.165, 1.54) is 12.3 Å². The van der Waals surface area contributed by atoms with Crippen LogP contribution in [0.25, 0.3) is 0 Å². The van der Waals surface area contributed by atoms with Crippen LogP contribution in [-0.2, 0) is 0 Å². The van der Waals surface area contributed by atoms with Gasteiger partial charge in [0.15, 0.2) is 0 Å². The van der Waals surface area contributed by atoms with Crippen LogP contribution in [0, 0.1) is 5.82 Å². The Balaban J connectivity index is 2.17. The van der Waals surface area contributed by atoms with E-state index in [1.54, 1.807) is 6.07 Å². The fourth-order valence-corrected chi connectivity index (χ4v) is 2.05. The van der Waals surface area contributed by atoms with Crippen LogP contribution in [0.15, 0.2) is 42.6 Å². The van der Waals surface area contributed by atoms with Crippen molar-refractivity contribution in [3.8, 4) is 0 Å². The number of nitrogens with zero attached hydrogens (tertiary/aromatic N) is 2. The highest BCUT2D eigenvalue weighted by Gasteiger charge is 2.11. The lowest BCUT2D eigenvalue weighted by Gasteiger charge is -2.20. The van der Waals surface area contributed by atoms with Gasteiger partial charge in [0.25, 0.3) is 0 Å². The van der Waals surface area contributed by atoms with Crippen molar-refractivity contribution in [1.82, 2.24) is 4.98 Å². The van der Waals surface area contributed by atoms with Crippen LogP contribution in [0.4, 0.5) is 15.8 Å². The van der Waals surface area contributed by atoms with E-state index in [1.807, 2.05) is 26.2 Å². The fraction of sp³-hybridized carbons (Fsp3) is 0.312. The Morgan fingerprint density at radius 2 is 2.05 bits per heavy atom. The minimum atomic E-state index is -0.307. The molecule has 0 saturated carbocycles. The van der Waals surface area contributed by atoms with Crippen molar-refractivity contribution in [2.45, 2.75) is 19.4 Å². The summed E-state index contributed by atoms with van der Waals surface area (Å²) in [5.41, 5.74) is 3.02. The molecule has 0 aliphatic rings. The molecule has 2 rings (SSSR count). The van der Waals surface area contributed by atoms with Crippen molar-refractivity contribution >= 4 is 11.4 Å². The first-order chi connectivity index (χ1) is 9.60. The number of anilines is 2. The second-order valence-corrected chi connectivity index (χ2v) is 4.95. The molecule has 1 unspecified atom stereocenters. The van der Waals surface area contributed by atoms with Gasteiger partial charge in [0.1, 0.15) is 5.82 Å². The molecule has 2 aromatic rings. The summed E-state index contributed by atoms with van der Waals surface area (Å²) in [4.78, 5) is 6.21. The highest BCUT2D eigenvalue weighted by molar-refractivity contribution is 5.58. The molecule has 0 radical (unpaired) electrons. The first-order valence-corrected chi connectivity index (χ1v) is 6.75. The summed E-state index contributed by atoms with van der Waals surface area (Å²) in [6.07, 6.45) is 2.14. The van der Waals surface area contributed by atoms with E-state index < -0.39 is 0 Å². The minimum absolute atomic E-state index is 0.0769. The summed E-state index contributed by atoms with van der Waals surface area (Å²) in [6, 6.07) is 11.4. The lowest BCUT2D eigenvalue weighted by Crippen LogP contribution is -2.13. The van der Waals surface area contributed by atoms with E-state index in [0.29, 0.717) is 0 Å². The third-order valence-corrected chi connectivity index (χ3v) is 3.22. The molecule has 0 bridgehead atoms. The monoisotopic (exact) mass is 273 g/mol. The number of rotatable bonds is 5. The van der Waals surface area contributed by atoms with E-state index in [0.717, 1.165) is 23.5 Å². The van der Waals surface area contributed by atoms with Gasteiger partial charge < -0.3 is 10.2 Å². The van der Waals surface area contributed by atoms with E-state index in [-0.39, 0.29) is 11.9 Å². The highest BCUT2D eigenvalue weighted by Crippen LogP contribution is 2.24. The Morgan fingerprint density at radius 1 is 1.25 bits per heavy atom. The topological polar surface area (TPSA) is 28.2 Å². The van der Waals surface area contributed by atoms with Gasteiger partial charge >= 0.3 is 0 Å². The van der Waals surface area contributed by atoms with Gasteiger partial charge in [-0.15, -0.1) is 0 Å². The quantitative estimate of drug-likeness (QED) is 0.897. The summed E-state index contributed by atoms with van der Waals surface area (Å²) in [5, 5.41) is 3.45. The third-order valence-electron chi connectivity index (χ3n) is 3.22. The van der Waals surface area contributed by atoms with Gasteiger partial charge in [-0.2, -0.15) is 0 Å². The Hall–Kier alpha value is -2.10. The first kappa shape index (κ1) is 14.3. The van der Waals surface area contributed by atoms with E-state index in [2.05, 4.69) is 34.3 Å². The average Bonchev–Trinajstić information content (AvgIpc) is 2.46. The molecule has 1 N–H and O–H groups in total. The van der Waals surface area contributed by atoms with Crippen LogP contribution >= 0.6 is 0 Å². The molecule has 1 atom stereocenters. The van der Waals surface area contributed by atoms with Crippen molar-refractivity contribution < 1.29 is 4.39 Å². The fourth-order valence-electron chi connectivity index (χ4n) is 2.05. The Bertz CT molecular complexity index is 552. The number of hydrogen-bond acceptors (Lipinski definition) is 3. The first-order valence-electron chi connectivity index (χ1n) is 6.75. The average molecular weight is 273 g/mol. The zero-order valence-electron chi connectivity index (χ0n) is 12.1. The molecule has 1 aromatic carbocycles. The SMILES string of the molecule is CCC(Nc1cccc(N(C)C)c1)c1ccc(F)cn1. The molecule has 0 saturated heterocycles. The van der Waals surface area contributed by atoms with E-state index in [4.69, 9.17) is 0 Å². The van der Waals surface area contributed by atoms with E-state index in [9.17, 15) is 4.39 Å². The summed E-state index contributed by atoms with van der Waals surface area (Å²) >= 11 is 0. The van der Waals surface area contributed by atoms with Gasteiger partial charge in [-0.05, 0) is 36.8 Å². The Kier molecular flexibility index (Phi) is 4.56. The molecule has 3 nitrogen and oxygen atoms in total. The summed E-state index contributed by atoms with van der Waals surface area (Å²) in [6.45, 7) is 2.08. The van der Waals surface area contributed by atoms with Crippen LogP contribution < -0.4 is 10.2 Å². The van der Waals surface area contributed by atoms with Crippen LogP contribution in [0.2, 0.25) is 0 Å². The third kappa shape index (κ3) is 3.47. The lowest BCUT2D eigenvalue weighted by atomic mass is 10.1. The molecule has 1 heterocycles. The van der Waals surface area contributed by atoms with Crippen LogP contribution in [0.1, 0.15) is 25.1 Å².